The molecule has 0 bridgehead atoms. The third-order valence-electron chi connectivity index (χ3n) is 4.34. The second-order valence-corrected chi connectivity index (χ2v) is 21.6. The van der Waals surface area contributed by atoms with Crippen molar-refractivity contribution in [1.82, 2.24) is 0 Å². The highest BCUT2D eigenvalue weighted by Gasteiger charge is 2.39. The number of hydrogen-bond donors (Lipinski definition) is 0. The Balaban J connectivity index is 2.55. The van der Waals surface area contributed by atoms with Crippen LogP contribution in [0.15, 0.2) is 0 Å². The lowest BCUT2D eigenvalue weighted by atomic mass is 9.82. The van der Waals surface area contributed by atoms with E-state index in [0.29, 0.717) is 0 Å². The van der Waals surface area contributed by atoms with Crippen LogP contribution in [-0.2, 0) is 8.23 Å². The lowest BCUT2D eigenvalue weighted by Crippen LogP contribution is -2.52. The predicted molar refractivity (Wildman–Crippen MR) is 101 cm³/mol. The van der Waals surface area contributed by atoms with Gasteiger partial charge in [-0.15, -0.1) is 0 Å². The van der Waals surface area contributed by atoms with Crippen LogP contribution in [0.5, 0.6) is 0 Å². The van der Waals surface area contributed by atoms with Crippen LogP contribution in [-0.4, -0.2) is 25.2 Å². The molecule has 5 heteroatoms. The summed E-state index contributed by atoms with van der Waals surface area (Å²) in [6.45, 7) is 18.5. The molecule has 0 aromatic heterocycles. The first kappa shape index (κ1) is 19.6. The molecule has 0 heterocycles. The van der Waals surface area contributed by atoms with Crippen molar-refractivity contribution in [2.75, 3.05) is 0 Å². The molecule has 126 valence electrons. The SMILES string of the molecule is CC(C[Si](C)(C)O[Si](C)(C)O[Si](C)(C)C)C1CCCCC1. The summed E-state index contributed by atoms with van der Waals surface area (Å²) in [6, 6.07) is 1.29. The minimum Gasteiger partial charge on any atom is -0.437 e. The molecule has 21 heavy (non-hydrogen) atoms. The molecule has 0 aromatic rings. The van der Waals surface area contributed by atoms with Gasteiger partial charge >= 0.3 is 8.56 Å². The minimum atomic E-state index is -1.97. The summed E-state index contributed by atoms with van der Waals surface area (Å²) < 4.78 is 13.0. The Morgan fingerprint density at radius 1 is 0.857 bits per heavy atom. The van der Waals surface area contributed by atoms with Crippen molar-refractivity contribution in [1.29, 1.82) is 0 Å². The van der Waals surface area contributed by atoms with Crippen LogP contribution in [0.25, 0.3) is 0 Å². The average molecular weight is 347 g/mol. The van der Waals surface area contributed by atoms with Crippen LogP contribution < -0.4 is 0 Å². The Kier molecular flexibility index (Phi) is 6.94. The van der Waals surface area contributed by atoms with Crippen molar-refractivity contribution in [2.24, 2.45) is 11.8 Å². The standard InChI is InChI=1S/C16H38O2Si3/c1-15(16-12-10-9-11-13-16)14-20(5,6)18-21(7,8)17-19(2,3)4/h15-16H,9-14H2,1-8H3. The molecule has 1 saturated carbocycles. The van der Waals surface area contributed by atoms with Crippen LogP contribution in [0.1, 0.15) is 39.0 Å². The molecule has 0 spiro atoms. The second-order valence-electron chi connectivity index (χ2n) is 9.06. The normalized spacial score (nSPS) is 20.6. The Morgan fingerprint density at radius 3 is 1.86 bits per heavy atom. The zero-order chi connectivity index (χ0) is 16.3. The summed E-state index contributed by atoms with van der Waals surface area (Å²) in [5, 5.41) is 0. The molecule has 0 N–H and O–H groups in total. The molecule has 1 atom stereocenters. The number of rotatable bonds is 7. The van der Waals surface area contributed by atoms with Crippen LogP contribution in [0.4, 0.5) is 0 Å². The zero-order valence-corrected chi connectivity index (χ0v) is 18.7. The monoisotopic (exact) mass is 346 g/mol. The molecule has 0 aromatic carbocycles. The van der Waals surface area contributed by atoms with E-state index in [0.717, 1.165) is 11.8 Å². The molecule has 0 radical (unpaired) electrons. The first-order valence-electron chi connectivity index (χ1n) is 8.81. The molecule has 0 saturated heterocycles. The third-order valence-corrected chi connectivity index (χ3v) is 14.6. The van der Waals surface area contributed by atoms with Crippen molar-refractivity contribution in [2.45, 2.75) is 90.9 Å². The summed E-state index contributed by atoms with van der Waals surface area (Å²) in [5.74, 6) is 1.76. The molecule has 1 rings (SSSR count). The molecular formula is C16H38O2Si3. The van der Waals surface area contributed by atoms with Crippen LogP contribution >= 0.6 is 0 Å². The summed E-state index contributed by atoms with van der Waals surface area (Å²) in [5.41, 5.74) is 0. The van der Waals surface area contributed by atoms with Gasteiger partial charge in [-0.25, -0.2) is 0 Å². The largest absolute Gasteiger partial charge is 0.437 e. The Morgan fingerprint density at radius 2 is 1.38 bits per heavy atom. The Bertz CT molecular complexity index is 318. The van der Waals surface area contributed by atoms with Gasteiger partial charge < -0.3 is 8.23 Å². The average Bonchev–Trinajstić information content (AvgIpc) is 2.24. The van der Waals surface area contributed by atoms with E-state index >= 15 is 0 Å². The van der Waals surface area contributed by atoms with Crippen LogP contribution in [0.2, 0.25) is 51.9 Å². The van der Waals surface area contributed by atoms with Gasteiger partial charge in [-0.3, -0.25) is 0 Å². The van der Waals surface area contributed by atoms with Crippen LogP contribution in [0.3, 0.4) is 0 Å². The minimum absolute atomic E-state index is 0.823. The number of hydrogen-bond acceptors (Lipinski definition) is 2. The van der Waals surface area contributed by atoms with Gasteiger partial charge in [0.1, 0.15) is 0 Å². The van der Waals surface area contributed by atoms with E-state index in [1.54, 1.807) is 0 Å². The Labute approximate surface area is 136 Å². The summed E-state index contributed by atoms with van der Waals surface area (Å²) in [4.78, 5) is 0. The van der Waals surface area contributed by atoms with E-state index in [9.17, 15) is 0 Å². The summed E-state index contributed by atoms with van der Waals surface area (Å²) in [7, 11) is -5.10. The first-order chi connectivity index (χ1) is 9.40. The van der Waals surface area contributed by atoms with Gasteiger partial charge in [-0.1, -0.05) is 39.0 Å². The van der Waals surface area contributed by atoms with Gasteiger partial charge in [-0.2, -0.15) is 0 Å². The third kappa shape index (κ3) is 8.11. The maximum absolute atomic E-state index is 6.65. The van der Waals surface area contributed by atoms with E-state index in [2.05, 4.69) is 52.8 Å². The lowest BCUT2D eigenvalue weighted by Gasteiger charge is -2.39. The van der Waals surface area contributed by atoms with E-state index in [1.807, 2.05) is 0 Å². The van der Waals surface area contributed by atoms with Crippen molar-refractivity contribution in [3.8, 4) is 0 Å². The molecule has 0 aliphatic heterocycles. The zero-order valence-electron chi connectivity index (χ0n) is 15.7. The molecule has 0 amide bonds. The predicted octanol–water partition coefficient (Wildman–Crippen LogP) is 5.98. The van der Waals surface area contributed by atoms with Gasteiger partial charge in [0.15, 0.2) is 16.6 Å². The molecule has 1 aliphatic rings. The van der Waals surface area contributed by atoms with E-state index in [4.69, 9.17) is 8.23 Å². The van der Waals surface area contributed by atoms with E-state index in [-0.39, 0.29) is 0 Å². The van der Waals surface area contributed by atoms with Crippen molar-refractivity contribution < 1.29 is 8.23 Å². The summed E-state index contributed by atoms with van der Waals surface area (Å²) >= 11 is 0. The maximum Gasteiger partial charge on any atom is 0.311 e. The lowest BCUT2D eigenvalue weighted by molar-refractivity contribution is 0.271. The van der Waals surface area contributed by atoms with Gasteiger partial charge in [-0.05, 0) is 63.7 Å². The van der Waals surface area contributed by atoms with Crippen LogP contribution in [0, 0.1) is 11.8 Å². The van der Waals surface area contributed by atoms with Gasteiger partial charge in [0.2, 0.25) is 0 Å². The molecule has 1 aliphatic carbocycles. The highest BCUT2D eigenvalue weighted by Crippen LogP contribution is 2.35. The quantitative estimate of drug-likeness (QED) is 0.528. The van der Waals surface area contributed by atoms with Crippen molar-refractivity contribution >= 4 is 25.2 Å². The summed E-state index contributed by atoms with van der Waals surface area (Å²) in [6.07, 6.45) is 7.22. The molecular weight excluding hydrogens is 308 g/mol. The first-order valence-corrected chi connectivity index (χ1v) is 18.1. The van der Waals surface area contributed by atoms with Crippen molar-refractivity contribution in [3.05, 3.63) is 0 Å². The Hall–Kier alpha value is 0.571. The fourth-order valence-corrected chi connectivity index (χ4v) is 18.1. The highest BCUT2D eigenvalue weighted by atomic mass is 28.5. The highest BCUT2D eigenvalue weighted by molar-refractivity contribution is 6.87. The van der Waals surface area contributed by atoms with E-state index < -0.39 is 25.2 Å². The topological polar surface area (TPSA) is 18.5 Å². The molecule has 2 nitrogen and oxygen atoms in total. The fourth-order valence-electron chi connectivity index (χ4n) is 4.11. The van der Waals surface area contributed by atoms with Gasteiger partial charge in [0.25, 0.3) is 0 Å². The maximum atomic E-state index is 6.65. The van der Waals surface area contributed by atoms with Crippen molar-refractivity contribution in [3.63, 3.8) is 0 Å². The molecule has 1 unspecified atom stereocenters. The smallest absolute Gasteiger partial charge is 0.311 e. The van der Waals surface area contributed by atoms with Gasteiger partial charge in [0.05, 0.1) is 0 Å². The fraction of sp³-hybridized carbons (Fsp3) is 1.00. The van der Waals surface area contributed by atoms with Gasteiger partial charge in [0, 0.05) is 0 Å². The van der Waals surface area contributed by atoms with E-state index in [1.165, 1.54) is 38.1 Å². The molecule has 1 fully saturated rings. The second kappa shape index (κ2) is 7.43.